The number of piperidine rings is 1. The van der Waals surface area contributed by atoms with E-state index in [0.717, 1.165) is 32.5 Å². The van der Waals surface area contributed by atoms with Gasteiger partial charge in [0.2, 0.25) is 0 Å². The molecule has 0 radical (unpaired) electrons. The predicted molar refractivity (Wildman–Crippen MR) is 107 cm³/mol. The summed E-state index contributed by atoms with van der Waals surface area (Å²) in [7, 11) is 0. The molecule has 1 saturated heterocycles. The zero-order chi connectivity index (χ0) is 18.8. The number of fused-ring (bicyclic) bond motifs is 1. The highest BCUT2D eigenvalue weighted by molar-refractivity contribution is 5.58. The van der Waals surface area contributed by atoms with Crippen LogP contribution in [0.5, 0.6) is 0 Å². The number of anilines is 1. The van der Waals surface area contributed by atoms with Crippen LogP contribution in [0.1, 0.15) is 42.1 Å². The third kappa shape index (κ3) is 4.16. The SMILES string of the molecule is Cc1ccc2c(c1)N(C1CCN(CC(F)c3ccc(F)cc3)CC1)CCC2. The van der Waals surface area contributed by atoms with Crippen LogP contribution in [0.15, 0.2) is 42.5 Å². The second-order valence-corrected chi connectivity index (χ2v) is 7.98. The van der Waals surface area contributed by atoms with Gasteiger partial charge in [0.25, 0.3) is 0 Å². The third-order valence-electron chi connectivity index (χ3n) is 6.04. The van der Waals surface area contributed by atoms with E-state index >= 15 is 0 Å². The van der Waals surface area contributed by atoms with Gasteiger partial charge in [-0.05, 0) is 67.5 Å². The van der Waals surface area contributed by atoms with Crippen molar-refractivity contribution in [2.45, 2.75) is 44.8 Å². The summed E-state index contributed by atoms with van der Waals surface area (Å²) in [5, 5.41) is 0. The summed E-state index contributed by atoms with van der Waals surface area (Å²) in [6.45, 7) is 5.52. The Bertz CT molecular complexity index is 766. The van der Waals surface area contributed by atoms with Crippen molar-refractivity contribution in [3.63, 3.8) is 0 Å². The Morgan fingerprint density at radius 3 is 2.52 bits per heavy atom. The maximum Gasteiger partial charge on any atom is 0.138 e. The Balaban J connectivity index is 1.36. The molecule has 1 atom stereocenters. The number of rotatable bonds is 4. The number of hydrogen-bond acceptors (Lipinski definition) is 2. The molecule has 2 aliphatic rings. The maximum absolute atomic E-state index is 14.6. The Kier molecular flexibility index (Phi) is 5.44. The third-order valence-corrected chi connectivity index (χ3v) is 6.04. The van der Waals surface area contributed by atoms with E-state index in [-0.39, 0.29) is 5.82 Å². The fourth-order valence-corrected chi connectivity index (χ4v) is 4.51. The van der Waals surface area contributed by atoms with Crippen molar-refractivity contribution in [1.29, 1.82) is 0 Å². The first-order valence-electron chi connectivity index (χ1n) is 10.1. The maximum atomic E-state index is 14.6. The monoisotopic (exact) mass is 370 g/mol. The highest BCUT2D eigenvalue weighted by Gasteiger charge is 2.29. The molecular formula is C23H28F2N2. The minimum atomic E-state index is -1.06. The van der Waals surface area contributed by atoms with Crippen molar-refractivity contribution in [1.82, 2.24) is 4.90 Å². The van der Waals surface area contributed by atoms with Gasteiger partial charge in [0.05, 0.1) is 0 Å². The smallest absolute Gasteiger partial charge is 0.138 e. The predicted octanol–water partition coefficient (Wildman–Crippen LogP) is 5.06. The lowest BCUT2D eigenvalue weighted by molar-refractivity contribution is 0.156. The molecule has 2 nitrogen and oxygen atoms in total. The van der Waals surface area contributed by atoms with Crippen LogP contribution in [0.3, 0.4) is 0 Å². The molecule has 0 spiro atoms. The van der Waals surface area contributed by atoms with Gasteiger partial charge in [0.1, 0.15) is 12.0 Å². The summed E-state index contributed by atoms with van der Waals surface area (Å²) in [5.74, 6) is -0.316. The Labute approximate surface area is 160 Å². The first kappa shape index (κ1) is 18.4. The zero-order valence-electron chi connectivity index (χ0n) is 16.0. The number of aryl methyl sites for hydroxylation is 2. The van der Waals surface area contributed by atoms with E-state index in [2.05, 4.69) is 34.9 Å². The fourth-order valence-electron chi connectivity index (χ4n) is 4.51. The van der Waals surface area contributed by atoms with Gasteiger partial charge in [-0.15, -0.1) is 0 Å². The topological polar surface area (TPSA) is 6.48 Å². The molecule has 1 unspecified atom stereocenters. The molecule has 0 N–H and O–H groups in total. The number of likely N-dealkylation sites (tertiary alicyclic amines) is 1. The van der Waals surface area contributed by atoms with E-state index in [1.165, 1.54) is 41.8 Å². The molecular weight excluding hydrogens is 342 g/mol. The molecule has 0 amide bonds. The lowest BCUT2D eigenvalue weighted by Crippen LogP contribution is -2.47. The normalized spacial score (nSPS) is 19.7. The van der Waals surface area contributed by atoms with Gasteiger partial charge in [-0.2, -0.15) is 0 Å². The van der Waals surface area contributed by atoms with Crippen LogP contribution in [0, 0.1) is 12.7 Å². The fraction of sp³-hybridized carbons (Fsp3) is 0.478. The number of halogens is 2. The van der Waals surface area contributed by atoms with Crippen molar-refractivity contribution in [3.8, 4) is 0 Å². The van der Waals surface area contributed by atoms with E-state index in [1.54, 1.807) is 12.1 Å². The second-order valence-electron chi connectivity index (χ2n) is 7.98. The van der Waals surface area contributed by atoms with Crippen molar-refractivity contribution >= 4 is 5.69 Å². The quantitative estimate of drug-likeness (QED) is 0.742. The number of hydrogen-bond donors (Lipinski definition) is 0. The van der Waals surface area contributed by atoms with Gasteiger partial charge in [-0.1, -0.05) is 24.3 Å². The summed E-state index contributed by atoms with van der Waals surface area (Å²) in [6.07, 6.45) is 3.48. The molecule has 2 aliphatic heterocycles. The molecule has 27 heavy (non-hydrogen) atoms. The summed E-state index contributed by atoms with van der Waals surface area (Å²) < 4.78 is 27.6. The number of alkyl halides is 1. The molecule has 0 aromatic heterocycles. The van der Waals surface area contributed by atoms with Crippen LogP contribution in [0.25, 0.3) is 0 Å². The molecule has 2 heterocycles. The molecule has 4 rings (SSSR count). The van der Waals surface area contributed by atoms with Crippen LogP contribution < -0.4 is 4.90 Å². The van der Waals surface area contributed by atoms with Crippen LogP contribution >= 0.6 is 0 Å². The first-order chi connectivity index (χ1) is 13.1. The van der Waals surface area contributed by atoms with E-state index < -0.39 is 6.17 Å². The molecule has 2 aromatic rings. The van der Waals surface area contributed by atoms with Crippen LogP contribution in [-0.2, 0) is 6.42 Å². The molecule has 1 fully saturated rings. The lowest BCUT2D eigenvalue weighted by atomic mass is 9.94. The van der Waals surface area contributed by atoms with Gasteiger partial charge in [-0.25, -0.2) is 8.78 Å². The molecule has 144 valence electrons. The summed E-state index contributed by atoms with van der Waals surface area (Å²) in [5.41, 5.74) is 4.76. The van der Waals surface area contributed by atoms with Gasteiger partial charge in [0.15, 0.2) is 0 Å². The summed E-state index contributed by atoms with van der Waals surface area (Å²) in [4.78, 5) is 4.81. The van der Waals surface area contributed by atoms with Crippen molar-refractivity contribution in [3.05, 3.63) is 65.0 Å². The average molecular weight is 370 g/mol. The number of nitrogens with zero attached hydrogens (tertiary/aromatic N) is 2. The highest BCUT2D eigenvalue weighted by atomic mass is 19.1. The highest BCUT2D eigenvalue weighted by Crippen LogP contribution is 2.33. The van der Waals surface area contributed by atoms with E-state index in [4.69, 9.17) is 0 Å². The molecule has 2 aromatic carbocycles. The Morgan fingerprint density at radius 1 is 1.04 bits per heavy atom. The molecule has 0 saturated carbocycles. The van der Waals surface area contributed by atoms with Crippen LogP contribution in [0.4, 0.5) is 14.5 Å². The molecule has 0 aliphatic carbocycles. The van der Waals surface area contributed by atoms with Crippen molar-refractivity contribution in [2.75, 3.05) is 31.1 Å². The summed E-state index contributed by atoms with van der Waals surface area (Å²) >= 11 is 0. The van der Waals surface area contributed by atoms with Crippen LogP contribution in [0.2, 0.25) is 0 Å². The Hall–Kier alpha value is -1.94. The number of benzene rings is 2. The Morgan fingerprint density at radius 2 is 1.78 bits per heavy atom. The van der Waals surface area contributed by atoms with E-state index in [0.29, 0.717) is 18.2 Å². The molecule has 4 heteroatoms. The summed E-state index contributed by atoms with van der Waals surface area (Å²) in [6, 6.07) is 13.1. The second kappa shape index (κ2) is 7.97. The van der Waals surface area contributed by atoms with E-state index in [9.17, 15) is 8.78 Å². The average Bonchev–Trinajstić information content (AvgIpc) is 2.68. The standard InChI is InChI=1S/C23H28F2N2/c1-17-4-5-19-3-2-12-27(23(19)15-17)21-10-13-26(14-11-21)16-22(25)18-6-8-20(24)9-7-18/h4-9,15,21-22H,2-3,10-14,16H2,1H3. The minimum Gasteiger partial charge on any atom is -0.368 e. The zero-order valence-corrected chi connectivity index (χ0v) is 16.0. The first-order valence-corrected chi connectivity index (χ1v) is 10.1. The van der Waals surface area contributed by atoms with Gasteiger partial charge in [0, 0.05) is 37.9 Å². The minimum absolute atomic E-state index is 0.316. The van der Waals surface area contributed by atoms with Gasteiger partial charge < -0.3 is 4.90 Å². The van der Waals surface area contributed by atoms with Gasteiger partial charge in [-0.3, -0.25) is 4.90 Å². The van der Waals surface area contributed by atoms with Gasteiger partial charge >= 0.3 is 0 Å². The lowest BCUT2D eigenvalue weighted by Gasteiger charge is -2.42. The largest absolute Gasteiger partial charge is 0.368 e. The molecule has 0 bridgehead atoms. The van der Waals surface area contributed by atoms with E-state index in [1.807, 2.05) is 0 Å². The van der Waals surface area contributed by atoms with Crippen LogP contribution in [-0.4, -0.2) is 37.1 Å². The van der Waals surface area contributed by atoms with Crippen molar-refractivity contribution < 1.29 is 8.78 Å². The van der Waals surface area contributed by atoms with Crippen molar-refractivity contribution in [2.24, 2.45) is 0 Å².